The standard InChI is InChI=1S/C16H16N4O4S/c1-3-14(25(23,24)11-7-5-4-6-8-11)12-9-10-13(20(21)22)15-16(12)19(2)18-17-15/h4-10,14H,3H2,1-2H3. The second-order valence-electron chi connectivity index (χ2n) is 5.60. The Morgan fingerprint density at radius 2 is 1.88 bits per heavy atom. The fourth-order valence-corrected chi connectivity index (χ4v) is 4.80. The summed E-state index contributed by atoms with van der Waals surface area (Å²) < 4.78 is 27.5. The van der Waals surface area contributed by atoms with Crippen LogP contribution in [-0.2, 0) is 16.9 Å². The summed E-state index contributed by atoms with van der Waals surface area (Å²) >= 11 is 0. The van der Waals surface area contributed by atoms with Crippen molar-refractivity contribution >= 4 is 26.6 Å². The van der Waals surface area contributed by atoms with Gasteiger partial charge in [-0.05, 0) is 30.2 Å². The molecule has 8 nitrogen and oxygen atoms in total. The number of nitrogens with zero attached hydrogens (tertiary/aromatic N) is 4. The van der Waals surface area contributed by atoms with E-state index in [1.807, 2.05) is 0 Å². The third-order valence-electron chi connectivity index (χ3n) is 4.12. The number of fused-ring (bicyclic) bond motifs is 1. The van der Waals surface area contributed by atoms with Crippen molar-refractivity contribution in [2.75, 3.05) is 0 Å². The van der Waals surface area contributed by atoms with E-state index in [2.05, 4.69) is 10.3 Å². The summed E-state index contributed by atoms with van der Waals surface area (Å²) in [7, 11) is -2.07. The van der Waals surface area contributed by atoms with Crippen LogP contribution >= 0.6 is 0 Å². The van der Waals surface area contributed by atoms with Crippen LogP contribution in [0.5, 0.6) is 0 Å². The summed E-state index contributed by atoms with van der Waals surface area (Å²) in [5.41, 5.74) is 0.713. The molecule has 3 rings (SSSR count). The molecular weight excluding hydrogens is 344 g/mol. The Morgan fingerprint density at radius 3 is 2.48 bits per heavy atom. The second-order valence-corrected chi connectivity index (χ2v) is 7.73. The zero-order valence-electron chi connectivity index (χ0n) is 13.7. The van der Waals surface area contributed by atoms with Gasteiger partial charge in [-0.3, -0.25) is 10.1 Å². The summed E-state index contributed by atoms with van der Waals surface area (Å²) in [5.74, 6) is 0. The molecule has 0 amide bonds. The molecule has 3 aromatic rings. The van der Waals surface area contributed by atoms with Crippen LogP contribution < -0.4 is 0 Å². The van der Waals surface area contributed by atoms with Gasteiger partial charge < -0.3 is 0 Å². The molecule has 1 heterocycles. The summed E-state index contributed by atoms with van der Waals surface area (Å²) in [6.07, 6.45) is 0.315. The quantitative estimate of drug-likeness (QED) is 0.511. The van der Waals surface area contributed by atoms with Crippen LogP contribution in [0.4, 0.5) is 5.69 Å². The number of non-ortho nitro benzene ring substituents is 1. The van der Waals surface area contributed by atoms with Gasteiger partial charge in [0.1, 0.15) is 5.52 Å². The summed E-state index contributed by atoms with van der Waals surface area (Å²) in [5, 5.41) is 18.0. The molecule has 9 heteroatoms. The van der Waals surface area contributed by atoms with Crippen LogP contribution in [-0.4, -0.2) is 28.3 Å². The van der Waals surface area contributed by atoms with Gasteiger partial charge in [0.15, 0.2) is 15.4 Å². The monoisotopic (exact) mass is 360 g/mol. The number of hydrogen-bond donors (Lipinski definition) is 0. The van der Waals surface area contributed by atoms with Gasteiger partial charge in [-0.25, -0.2) is 13.1 Å². The Morgan fingerprint density at radius 1 is 1.20 bits per heavy atom. The maximum absolute atomic E-state index is 13.1. The minimum absolute atomic E-state index is 0.0895. The molecule has 0 bridgehead atoms. The van der Waals surface area contributed by atoms with Crippen molar-refractivity contribution in [2.45, 2.75) is 23.5 Å². The van der Waals surface area contributed by atoms with Crippen molar-refractivity contribution in [2.24, 2.45) is 7.05 Å². The van der Waals surface area contributed by atoms with Gasteiger partial charge in [-0.1, -0.05) is 30.3 Å². The number of aryl methyl sites for hydroxylation is 1. The van der Waals surface area contributed by atoms with Crippen LogP contribution in [0.15, 0.2) is 47.4 Å². The van der Waals surface area contributed by atoms with E-state index < -0.39 is 20.0 Å². The average Bonchev–Trinajstić information content (AvgIpc) is 2.98. The maximum Gasteiger partial charge on any atom is 0.299 e. The number of nitro groups is 1. The van der Waals surface area contributed by atoms with Gasteiger partial charge in [0.2, 0.25) is 0 Å². The molecule has 0 fully saturated rings. The molecule has 0 aliphatic carbocycles. The molecule has 130 valence electrons. The lowest BCUT2D eigenvalue weighted by molar-refractivity contribution is -0.383. The summed E-state index contributed by atoms with van der Waals surface area (Å²) in [4.78, 5) is 10.9. The summed E-state index contributed by atoms with van der Waals surface area (Å²) in [6.45, 7) is 1.77. The molecule has 1 aromatic heterocycles. The number of aromatic nitrogens is 3. The summed E-state index contributed by atoms with van der Waals surface area (Å²) in [6, 6.07) is 10.9. The second kappa shape index (κ2) is 6.25. The van der Waals surface area contributed by atoms with Crippen LogP contribution in [0.3, 0.4) is 0 Å². The molecule has 25 heavy (non-hydrogen) atoms. The highest BCUT2D eigenvalue weighted by Gasteiger charge is 2.32. The first-order chi connectivity index (χ1) is 11.9. The van der Waals surface area contributed by atoms with Gasteiger partial charge in [0.05, 0.1) is 15.1 Å². The van der Waals surface area contributed by atoms with Crippen LogP contribution in [0.1, 0.15) is 24.2 Å². The van der Waals surface area contributed by atoms with Gasteiger partial charge >= 0.3 is 0 Å². The Balaban J connectivity index is 2.26. The van der Waals surface area contributed by atoms with Gasteiger partial charge in [0.25, 0.3) is 5.69 Å². The number of hydrogen-bond acceptors (Lipinski definition) is 6. The molecule has 0 saturated carbocycles. The van der Waals surface area contributed by atoms with Crippen molar-refractivity contribution in [3.05, 3.63) is 58.1 Å². The predicted molar refractivity (Wildman–Crippen MR) is 91.8 cm³/mol. The Hall–Kier alpha value is -2.81. The van der Waals surface area contributed by atoms with Crippen LogP contribution in [0, 0.1) is 10.1 Å². The number of rotatable bonds is 5. The lowest BCUT2D eigenvalue weighted by Gasteiger charge is -2.17. The minimum atomic E-state index is -3.66. The van der Waals surface area contributed by atoms with Crippen molar-refractivity contribution in [1.29, 1.82) is 0 Å². The maximum atomic E-state index is 13.1. The first-order valence-corrected chi connectivity index (χ1v) is 9.18. The highest BCUT2D eigenvalue weighted by molar-refractivity contribution is 7.91. The SMILES string of the molecule is CCC(c1ccc([N+](=O)[O-])c2nnn(C)c12)S(=O)(=O)c1ccccc1. The van der Waals surface area contributed by atoms with Crippen LogP contribution in [0.25, 0.3) is 11.0 Å². The predicted octanol–water partition coefficient (Wildman–Crippen LogP) is 2.80. The van der Waals surface area contributed by atoms with E-state index >= 15 is 0 Å². The van der Waals surface area contributed by atoms with Gasteiger partial charge in [0, 0.05) is 13.1 Å². The van der Waals surface area contributed by atoms with Crippen molar-refractivity contribution < 1.29 is 13.3 Å². The molecule has 0 radical (unpaired) electrons. The Labute approximate surface area is 144 Å². The molecule has 1 unspecified atom stereocenters. The van der Waals surface area contributed by atoms with E-state index in [9.17, 15) is 18.5 Å². The Kier molecular flexibility index (Phi) is 4.25. The van der Waals surface area contributed by atoms with E-state index in [4.69, 9.17) is 0 Å². The number of benzene rings is 2. The number of nitro benzene ring substituents is 1. The lowest BCUT2D eigenvalue weighted by atomic mass is 10.1. The largest absolute Gasteiger partial charge is 0.299 e. The third kappa shape index (κ3) is 2.76. The van der Waals surface area contributed by atoms with E-state index in [0.717, 1.165) is 0 Å². The molecule has 0 aliphatic rings. The minimum Gasteiger partial charge on any atom is -0.258 e. The first kappa shape index (κ1) is 17.0. The molecule has 0 N–H and O–H groups in total. The van der Waals surface area contributed by atoms with E-state index in [1.54, 1.807) is 44.3 Å². The van der Waals surface area contributed by atoms with Crippen molar-refractivity contribution in [1.82, 2.24) is 15.0 Å². The molecule has 0 saturated heterocycles. The normalized spacial score (nSPS) is 13.0. The van der Waals surface area contributed by atoms with Crippen LogP contribution in [0.2, 0.25) is 0 Å². The van der Waals surface area contributed by atoms with E-state index in [1.165, 1.54) is 16.8 Å². The fraction of sp³-hybridized carbons (Fsp3) is 0.250. The smallest absolute Gasteiger partial charge is 0.258 e. The fourth-order valence-electron chi connectivity index (χ4n) is 2.97. The molecule has 0 aliphatic heterocycles. The number of sulfone groups is 1. The highest BCUT2D eigenvalue weighted by Crippen LogP contribution is 2.37. The van der Waals surface area contributed by atoms with Gasteiger partial charge in [-0.15, -0.1) is 5.10 Å². The molecule has 0 spiro atoms. The zero-order valence-corrected chi connectivity index (χ0v) is 14.5. The highest BCUT2D eigenvalue weighted by atomic mass is 32.2. The lowest BCUT2D eigenvalue weighted by Crippen LogP contribution is -2.14. The topological polar surface area (TPSA) is 108 Å². The Bertz CT molecular complexity index is 1040. The zero-order chi connectivity index (χ0) is 18.2. The average molecular weight is 360 g/mol. The molecule has 2 aromatic carbocycles. The molecular formula is C16H16N4O4S. The molecule has 1 atom stereocenters. The first-order valence-electron chi connectivity index (χ1n) is 7.63. The van der Waals surface area contributed by atoms with Crippen molar-refractivity contribution in [3.63, 3.8) is 0 Å². The van der Waals surface area contributed by atoms with E-state index in [0.29, 0.717) is 17.5 Å². The van der Waals surface area contributed by atoms with Gasteiger partial charge in [-0.2, -0.15) is 0 Å². The van der Waals surface area contributed by atoms with Crippen molar-refractivity contribution in [3.8, 4) is 0 Å². The van der Waals surface area contributed by atoms with E-state index in [-0.39, 0.29) is 16.1 Å². The third-order valence-corrected chi connectivity index (χ3v) is 6.39.